The largest absolute Gasteiger partial charge is 0.394 e. The van der Waals surface area contributed by atoms with E-state index in [1.807, 2.05) is 6.07 Å². The van der Waals surface area contributed by atoms with Crippen LogP contribution in [0.4, 0.5) is 4.39 Å². The lowest BCUT2D eigenvalue weighted by atomic mass is 9.70. The summed E-state index contributed by atoms with van der Waals surface area (Å²) >= 11 is 9.55. The van der Waals surface area contributed by atoms with E-state index in [0.29, 0.717) is 12.1 Å². The van der Waals surface area contributed by atoms with Gasteiger partial charge >= 0.3 is 0 Å². The van der Waals surface area contributed by atoms with Crippen LogP contribution in [-0.4, -0.2) is 52.4 Å². The molecule has 35 heavy (non-hydrogen) atoms. The second-order valence-corrected chi connectivity index (χ2v) is 11.6. The SMILES string of the molecule is CC(C)(C)CC1NC(C(=O)NCCC(O)CO)C(c2cccc(Cl)c2F)C1(N)c1ccc(Br)cn1. The van der Waals surface area contributed by atoms with E-state index in [2.05, 4.69) is 52.3 Å². The van der Waals surface area contributed by atoms with Crippen molar-refractivity contribution < 1.29 is 19.4 Å². The van der Waals surface area contributed by atoms with E-state index in [1.165, 1.54) is 6.07 Å². The average molecular weight is 572 g/mol. The van der Waals surface area contributed by atoms with Gasteiger partial charge in [0.05, 0.1) is 35.0 Å². The van der Waals surface area contributed by atoms with Crippen LogP contribution in [0, 0.1) is 11.2 Å². The maximum atomic E-state index is 15.4. The van der Waals surface area contributed by atoms with Crippen molar-refractivity contribution in [1.82, 2.24) is 15.6 Å². The number of hydrogen-bond acceptors (Lipinski definition) is 6. The molecule has 1 aromatic heterocycles. The number of benzene rings is 1. The number of rotatable bonds is 8. The van der Waals surface area contributed by atoms with Crippen molar-refractivity contribution in [2.45, 2.75) is 63.3 Å². The van der Waals surface area contributed by atoms with Crippen molar-refractivity contribution in [3.05, 3.63) is 63.1 Å². The van der Waals surface area contributed by atoms with Crippen LogP contribution in [0.15, 0.2) is 41.0 Å². The standard InChI is InChI=1S/C25H33BrClFN4O3/c1-24(2,3)11-19-25(29,18-8-7-14(26)12-31-18)20(16-5-4-6-17(27)21(16)28)22(32-19)23(35)30-10-9-15(34)13-33/h4-8,12,15,19-20,22,32-34H,9-11,13,29H2,1-3H3,(H,30,35). The molecule has 5 unspecified atom stereocenters. The Morgan fingerprint density at radius 3 is 2.69 bits per heavy atom. The molecule has 5 atom stereocenters. The zero-order valence-electron chi connectivity index (χ0n) is 20.1. The van der Waals surface area contributed by atoms with Crippen molar-refractivity contribution in [1.29, 1.82) is 0 Å². The van der Waals surface area contributed by atoms with Crippen molar-refractivity contribution in [2.24, 2.45) is 11.1 Å². The Morgan fingerprint density at radius 2 is 2.09 bits per heavy atom. The van der Waals surface area contributed by atoms with Gasteiger partial charge in [-0.05, 0) is 57.9 Å². The molecular weight excluding hydrogens is 539 g/mol. The van der Waals surface area contributed by atoms with Gasteiger partial charge in [0, 0.05) is 29.2 Å². The minimum atomic E-state index is -1.24. The summed E-state index contributed by atoms with van der Waals surface area (Å²) < 4.78 is 16.2. The number of carbonyl (C=O) groups excluding carboxylic acids is 1. The summed E-state index contributed by atoms with van der Waals surface area (Å²) in [5, 5.41) is 24.8. The zero-order chi connectivity index (χ0) is 26.0. The van der Waals surface area contributed by atoms with Gasteiger partial charge in [-0.15, -0.1) is 0 Å². The van der Waals surface area contributed by atoms with E-state index in [9.17, 15) is 9.90 Å². The third-order valence-corrected chi connectivity index (χ3v) is 7.14. The summed E-state index contributed by atoms with van der Waals surface area (Å²) in [6.45, 7) is 5.96. The molecule has 0 aliphatic carbocycles. The Labute approximate surface area is 218 Å². The summed E-state index contributed by atoms with van der Waals surface area (Å²) in [4.78, 5) is 18.0. The average Bonchev–Trinajstić information content (AvgIpc) is 3.07. The van der Waals surface area contributed by atoms with Gasteiger partial charge < -0.3 is 26.6 Å². The topological polar surface area (TPSA) is 120 Å². The van der Waals surface area contributed by atoms with Crippen LogP contribution in [0.5, 0.6) is 0 Å². The number of carbonyl (C=O) groups is 1. The van der Waals surface area contributed by atoms with Crippen LogP contribution in [0.3, 0.4) is 0 Å². The highest BCUT2D eigenvalue weighted by Gasteiger charge is 2.58. The Kier molecular flexibility index (Phi) is 8.94. The fourth-order valence-corrected chi connectivity index (χ4v) is 5.16. The Balaban J connectivity index is 2.12. The Morgan fingerprint density at radius 1 is 1.37 bits per heavy atom. The summed E-state index contributed by atoms with van der Waals surface area (Å²) in [5.41, 5.74) is 6.55. The maximum Gasteiger partial charge on any atom is 0.237 e. The normalized spacial score (nSPS) is 25.5. The number of aliphatic hydroxyl groups excluding tert-OH is 2. The number of nitrogens with zero attached hydrogens (tertiary/aromatic N) is 1. The molecule has 3 rings (SSSR count). The lowest BCUT2D eigenvalue weighted by molar-refractivity contribution is -0.123. The van der Waals surface area contributed by atoms with Crippen LogP contribution in [-0.2, 0) is 10.3 Å². The van der Waals surface area contributed by atoms with Crippen LogP contribution >= 0.6 is 27.5 Å². The van der Waals surface area contributed by atoms with Crippen molar-refractivity contribution in [3.8, 4) is 0 Å². The lowest BCUT2D eigenvalue weighted by Gasteiger charge is -2.38. The minimum absolute atomic E-state index is 0.0573. The second kappa shape index (κ2) is 11.2. The number of aliphatic hydroxyl groups is 2. The molecule has 1 aliphatic heterocycles. The first-order valence-corrected chi connectivity index (χ1v) is 12.7. The molecule has 2 aromatic rings. The molecule has 0 saturated carbocycles. The van der Waals surface area contributed by atoms with Gasteiger partial charge in [0.15, 0.2) is 0 Å². The first-order valence-electron chi connectivity index (χ1n) is 11.6. The fourth-order valence-electron chi connectivity index (χ4n) is 4.74. The van der Waals surface area contributed by atoms with E-state index < -0.39 is 42.1 Å². The zero-order valence-corrected chi connectivity index (χ0v) is 22.4. The Bertz CT molecular complexity index is 1040. The van der Waals surface area contributed by atoms with Crippen molar-refractivity contribution in [2.75, 3.05) is 13.2 Å². The summed E-state index contributed by atoms with van der Waals surface area (Å²) in [6.07, 6.45) is 1.46. The van der Waals surface area contributed by atoms with Crippen molar-refractivity contribution >= 4 is 33.4 Å². The maximum absolute atomic E-state index is 15.4. The first kappa shape index (κ1) is 28.0. The molecule has 10 heteroatoms. The van der Waals surface area contributed by atoms with Gasteiger partial charge in [-0.2, -0.15) is 0 Å². The van der Waals surface area contributed by atoms with Gasteiger partial charge in [0.25, 0.3) is 0 Å². The molecule has 1 amide bonds. The van der Waals surface area contributed by atoms with Gasteiger partial charge in [-0.25, -0.2) is 4.39 Å². The van der Waals surface area contributed by atoms with E-state index in [1.54, 1.807) is 24.4 Å². The third-order valence-electron chi connectivity index (χ3n) is 6.38. The van der Waals surface area contributed by atoms with Gasteiger partial charge in [-0.1, -0.05) is 44.5 Å². The smallest absolute Gasteiger partial charge is 0.237 e. The molecule has 0 spiro atoms. The highest BCUT2D eigenvalue weighted by Crippen LogP contribution is 2.48. The predicted octanol–water partition coefficient (Wildman–Crippen LogP) is 3.21. The summed E-state index contributed by atoms with van der Waals surface area (Å²) in [7, 11) is 0. The van der Waals surface area contributed by atoms with E-state index in [4.69, 9.17) is 22.4 Å². The number of amides is 1. The number of nitrogens with two attached hydrogens (primary N) is 1. The first-order chi connectivity index (χ1) is 16.4. The molecule has 1 aliphatic rings. The molecule has 192 valence electrons. The summed E-state index contributed by atoms with van der Waals surface area (Å²) in [5.74, 6) is -1.84. The van der Waals surface area contributed by atoms with Crippen LogP contribution in [0.2, 0.25) is 5.02 Å². The monoisotopic (exact) mass is 570 g/mol. The number of halogens is 3. The van der Waals surface area contributed by atoms with Gasteiger partial charge in [0.2, 0.25) is 5.91 Å². The van der Waals surface area contributed by atoms with E-state index in [0.717, 1.165) is 4.47 Å². The molecular formula is C25H33BrClFN4O3. The van der Waals surface area contributed by atoms with Crippen LogP contribution in [0.1, 0.15) is 50.8 Å². The molecule has 6 N–H and O–H groups in total. The van der Waals surface area contributed by atoms with Crippen molar-refractivity contribution in [3.63, 3.8) is 0 Å². The molecule has 1 aromatic carbocycles. The molecule has 0 bridgehead atoms. The quantitative estimate of drug-likeness (QED) is 0.332. The van der Waals surface area contributed by atoms with Crippen LogP contribution < -0.4 is 16.4 Å². The highest BCUT2D eigenvalue weighted by atomic mass is 79.9. The molecule has 2 heterocycles. The van der Waals surface area contributed by atoms with Crippen LogP contribution in [0.25, 0.3) is 0 Å². The second-order valence-electron chi connectivity index (χ2n) is 10.3. The fraction of sp³-hybridized carbons (Fsp3) is 0.520. The van der Waals surface area contributed by atoms with Gasteiger partial charge in [-0.3, -0.25) is 9.78 Å². The molecule has 7 nitrogen and oxygen atoms in total. The van der Waals surface area contributed by atoms with E-state index >= 15 is 4.39 Å². The number of pyridine rings is 1. The predicted molar refractivity (Wildman–Crippen MR) is 137 cm³/mol. The number of hydrogen-bond donors (Lipinski definition) is 5. The minimum Gasteiger partial charge on any atom is -0.394 e. The Hall–Kier alpha value is -1.62. The molecule has 1 saturated heterocycles. The lowest BCUT2D eigenvalue weighted by Crippen LogP contribution is -2.52. The number of aromatic nitrogens is 1. The molecule has 1 fully saturated rings. The van der Waals surface area contributed by atoms with Gasteiger partial charge in [0.1, 0.15) is 5.82 Å². The van der Waals surface area contributed by atoms with E-state index in [-0.39, 0.29) is 34.9 Å². The third kappa shape index (κ3) is 6.21. The highest BCUT2D eigenvalue weighted by molar-refractivity contribution is 9.10. The summed E-state index contributed by atoms with van der Waals surface area (Å²) in [6, 6.07) is 6.99. The number of nitrogens with one attached hydrogen (secondary N) is 2. The molecule has 0 radical (unpaired) electrons.